The highest BCUT2D eigenvalue weighted by molar-refractivity contribution is 7.89. The summed E-state index contributed by atoms with van der Waals surface area (Å²) in [5, 5.41) is 0. The Bertz CT molecular complexity index is 584. The van der Waals surface area contributed by atoms with Crippen LogP contribution < -0.4 is 5.73 Å². The van der Waals surface area contributed by atoms with Crippen LogP contribution in [0.4, 0.5) is 0 Å². The van der Waals surface area contributed by atoms with Crippen LogP contribution in [0, 0.1) is 5.92 Å². The molecule has 0 aromatic carbocycles. The van der Waals surface area contributed by atoms with Crippen LogP contribution in [-0.4, -0.2) is 35.8 Å². The van der Waals surface area contributed by atoms with E-state index in [1.165, 1.54) is 16.6 Å². The van der Waals surface area contributed by atoms with Gasteiger partial charge in [-0.3, -0.25) is 4.98 Å². The topological polar surface area (TPSA) is 76.3 Å². The van der Waals surface area contributed by atoms with Crippen molar-refractivity contribution in [2.24, 2.45) is 11.7 Å². The third-order valence-electron chi connectivity index (χ3n) is 3.59. The summed E-state index contributed by atoms with van der Waals surface area (Å²) in [7, 11) is -3.64. The zero-order chi connectivity index (χ0) is 16.0. The van der Waals surface area contributed by atoms with E-state index in [2.05, 4.69) is 18.8 Å². The van der Waals surface area contributed by atoms with Crippen molar-refractivity contribution in [3.63, 3.8) is 0 Å². The number of thiocarbonyl (C=S) groups is 1. The number of nitrogens with zero attached hydrogens (tertiary/aromatic N) is 2. The van der Waals surface area contributed by atoms with Gasteiger partial charge in [0.25, 0.3) is 0 Å². The van der Waals surface area contributed by atoms with E-state index in [1.54, 1.807) is 6.07 Å². The lowest BCUT2D eigenvalue weighted by Gasteiger charge is -2.25. The van der Waals surface area contributed by atoms with Gasteiger partial charge in [-0.2, -0.15) is 4.31 Å². The fourth-order valence-corrected chi connectivity index (χ4v) is 4.06. The number of pyridine rings is 1. The smallest absolute Gasteiger partial charge is 0.245 e. The number of aromatic nitrogens is 1. The maximum Gasteiger partial charge on any atom is 0.245 e. The molecule has 0 spiro atoms. The van der Waals surface area contributed by atoms with Gasteiger partial charge in [0.15, 0.2) is 0 Å². The Morgan fingerprint density at radius 3 is 2.48 bits per heavy atom. The van der Waals surface area contributed by atoms with E-state index in [-0.39, 0.29) is 15.6 Å². The van der Waals surface area contributed by atoms with Gasteiger partial charge >= 0.3 is 0 Å². The Morgan fingerprint density at radius 2 is 2.00 bits per heavy atom. The maximum absolute atomic E-state index is 12.8. The predicted octanol–water partition coefficient (Wildman–Crippen LogP) is 2.16. The molecule has 0 aliphatic rings. The summed E-state index contributed by atoms with van der Waals surface area (Å²) in [6, 6.07) is 3.09. The van der Waals surface area contributed by atoms with Crippen molar-refractivity contribution in [3.8, 4) is 0 Å². The molecule has 0 unspecified atom stereocenters. The first kappa shape index (κ1) is 18.0. The molecule has 1 aromatic heterocycles. The average Bonchev–Trinajstić information content (AvgIpc) is 2.48. The standard InChI is InChI=1S/C14H23N3O2S2/c1-4-11(5-2)10-17(6-3)21(18,19)12-8-7-9-16-13(12)14(15)20/h7-9,11H,4-6,10H2,1-3H3,(H2,15,20). The molecular weight excluding hydrogens is 306 g/mol. The molecule has 0 fully saturated rings. The molecule has 118 valence electrons. The van der Waals surface area contributed by atoms with Crippen molar-refractivity contribution in [2.45, 2.75) is 38.5 Å². The van der Waals surface area contributed by atoms with E-state index in [0.29, 0.717) is 19.0 Å². The van der Waals surface area contributed by atoms with E-state index < -0.39 is 10.0 Å². The van der Waals surface area contributed by atoms with Crippen LogP contribution in [0.2, 0.25) is 0 Å². The normalized spacial score (nSPS) is 12.0. The average molecular weight is 329 g/mol. The number of rotatable bonds is 8. The Balaban J connectivity index is 3.22. The van der Waals surface area contributed by atoms with Gasteiger partial charge < -0.3 is 5.73 Å². The van der Waals surface area contributed by atoms with Crippen molar-refractivity contribution < 1.29 is 8.42 Å². The summed E-state index contributed by atoms with van der Waals surface area (Å²) in [5.41, 5.74) is 5.75. The molecule has 0 bridgehead atoms. The predicted molar refractivity (Wildman–Crippen MR) is 88.6 cm³/mol. The lowest BCUT2D eigenvalue weighted by Crippen LogP contribution is -2.36. The summed E-state index contributed by atoms with van der Waals surface area (Å²) < 4.78 is 27.1. The minimum atomic E-state index is -3.64. The fourth-order valence-electron chi connectivity index (χ4n) is 2.15. The summed E-state index contributed by atoms with van der Waals surface area (Å²) in [6.07, 6.45) is 3.38. The van der Waals surface area contributed by atoms with Crippen LogP contribution >= 0.6 is 12.2 Å². The SMILES string of the molecule is CCC(CC)CN(CC)S(=O)(=O)c1cccnc1C(N)=S. The van der Waals surface area contributed by atoms with Gasteiger partial charge in [0.05, 0.1) is 0 Å². The Kier molecular flexibility index (Phi) is 6.70. The third kappa shape index (κ3) is 4.21. The molecule has 0 saturated heterocycles. The van der Waals surface area contributed by atoms with Crippen LogP contribution in [0.15, 0.2) is 23.2 Å². The molecule has 0 saturated carbocycles. The van der Waals surface area contributed by atoms with Crippen molar-refractivity contribution >= 4 is 27.2 Å². The number of nitrogens with two attached hydrogens (primary N) is 1. The van der Waals surface area contributed by atoms with E-state index in [9.17, 15) is 8.42 Å². The lowest BCUT2D eigenvalue weighted by molar-refractivity contribution is 0.339. The second-order valence-corrected chi connectivity index (χ2v) is 7.20. The molecule has 1 rings (SSSR count). The van der Waals surface area contributed by atoms with Crippen LogP contribution in [0.1, 0.15) is 39.3 Å². The van der Waals surface area contributed by atoms with E-state index >= 15 is 0 Å². The molecule has 0 aliphatic heterocycles. The second-order valence-electron chi connectivity index (χ2n) is 4.85. The largest absolute Gasteiger partial charge is 0.388 e. The van der Waals surface area contributed by atoms with Crippen LogP contribution in [0.3, 0.4) is 0 Å². The van der Waals surface area contributed by atoms with E-state index in [0.717, 1.165) is 12.8 Å². The highest BCUT2D eigenvalue weighted by Crippen LogP contribution is 2.21. The number of hydrogen-bond donors (Lipinski definition) is 1. The quantitative estimate of drug-likeness (QED) is 0.740. The molecule has 0 aliphatic carbocycles. The van der Waals surface area contributed by atoms with Gasteiger partial charge in [-0.25, -0.2) is 8.42 Å². The Morgan fingerprint density at radius 1 is 1.38 bits per heavy atom. The summed E-state index contributed by atoms with van der Waals surface area (Å²) in [6.45, 7) is 6.87. The molecule has 7 heteroatoms. The summed E-state index contributed by atoms with van der Waals surface area (Å²) in [4.78, 5) is 4.09. The zero-order valence-corrected chi connectivity index (χ0v) is 14.4. The lowest BCUT2D eigenvalue weighted by atomic mass is 10.0. The zero-order valence-electron chi connectivity index (χ0n) is 12.7. The molecule has 1 heterocycles. The van der Waals surface area contributed by atoms with Gasteiger partial charge in [-0.15, -0.1) is 0 Å². The van der Waals surface area contributed by atoms with Crippen molar-refractivity contribution in [3.05, 3.63) is 24.0 Å². The highest BCUT2D eigenvalue weighted by atomic mass is 32.2. The van der Waals surface area contributed by atoms with Crippen LogP contribution in [0.25, 0.3) is 0 Å². The highest BCUT2D eigenvalue weighted by Gasteiger charge is 2.28. The molecule has 0 amide bonds. The van der Waals surface area contributed by atoms with Crippen molar-refractivity contribution in [2.75, 3.05) is 13.1 Å². The monoisotopic (exact) mass is 329 g/mol. The first-order valence-electron chi connectivity index (χ1n) is 7.13. The Hall–Kier alpha value is -1.05. The molecule has 21 heavy (non-hydrogen) atoms. The number of sulfonamides is 1. The van der Waals surface area contributed by atoms with Crippen LogP contribution in [-0.2, 0) is 10.0 Å². The molecule has 5 nitrogen and oxygen atoms in total. The molecule has 2 N–H and O–H groups in total. The van der Waals surface area contributed by atoms with Gasteiger partial charge in [-0.1, -0.05) is 45.8 Å². The maximum atomic E-state index is 12.8. The first-order chi connectivity index (χ1) is 9.88. The third-order valence-corrected chi connectivity index (χ3v) is 5.76. The van der Waals surface area contributed by atoms with E-state index in [4.69, 9.17) is 18.0 Å². The molecular formula is C14H23N3O2S2. The van der Waals surface area contributed by atoms with Gasteiger partial charge in [-0.05, 0) is 18.1 Å². The Labute approximate surface area is 132 Å². The molecule has 0 atom stereocenters. The minimum absolute atomic E-state index is 0.00670. The molecule has 0 radical (unpaired) electrons. The number of hydrogen-bond acceptors (Lipinski definition) is 4. The van der Waals surface area contributed by atoms with Crippen molar-refractivity contribution in [1.82, 2.24) is 9.29 Å². The second kappa shape index (κ2) is 7.82. The first-order valence-corrected chi connectivity index (χ1v) is 8.98. The van der Waals surface area contributed by atoms with Gasteiger partial charge in [0.1, 0.15) is 15.6 Å². The van der Waals surface area contributed by atoms with Gasteiger partial charge in [0.2, 0.25) is 10.0 Å². The van der Waals surface area contributed by atoms with Crippen LogP contribution in [0.5, 0.6) is 0 Å². The minimum Gasteiger partial charge on any atom is -0.388 e. The summed E-state index contributed by atoms with van der Waals surface area (Å²) >= 11 is 4.91. The van der Waals surface area contributed by atoms with Gasteiger partial charge in [0, 0.05) is 19.3 Å². The fraction of sp³-hybridized carbons (Fsp3) is 0.571. The van der Waals surface area contributed by atoms with E-state index in [1.807, 2.05) is 6.92 Å². The molecule has 1 aromatic rings. The summed E-state index contributed by atoms with van der Waals surface area (Å²) in [5.74, 6) is 0.338. The van der Waals surface area contributed by atoms with Crippen molar-refractivity contribution in [1.29, 1.82) is 0 Å².